The number of benzene rings is 2. The van der Waals surface area contributed by atoms with Crippen molar-refractivity contribution in [3.8, 4) is 11.8 Å². The van der Waals surface area contributed by atoms with Gasteiger partial charge < -0.3 is 15.4 Å². The van der Waals surface area contributed by atoms with E-state index in [0.717, 1.165) is 0 Å². The van der Waals surface area contributed by atoms with Crippen molar-refractivity contribution in [1.82, 2.24) is 5.32 Å². The number of carbonyl (C=O) groups excluding carboxylic acids is 1. The minimum Gasteiger partial charge on any atom is -0.497 e. The molecule has 0 saturated carbocycles. The van der Waals surface area contributed by atoms with E-state index in [2.05, 4.69) is 10.6 Å². The van der Waals surface area contributed by atoms with Gasteiger partial charge in [-0.2, -0.15) is 5.26 Å². The lowest BCUT2D eigenvalue weighted by atomic mass is 10.2. The van der Waals surface area contributed by atoms with Gasteiger partial charge in [0, 0.05) is 18.4 Å². The number of hydrogen-bond acceptors (Lipinski definition) is 4. The third-order valence-corrected chi connectivity index (χ3v) is 3.15. The van der Waals surface area contributed by atoms with Gasteiger partial charge in [-0.05, 0) is 42.0 Å². The summed E-state index contributed by atoms with van der Waals surface area (Å²) in [6.07, 6.45) is 1.31. The number of anilines is 1. The second-order valence-corrected chi connectivity index (χ2v) is 4.86. The average Bonchev–Trinajstić information content (AvgIpc) is 2.59. The Balaban J connectivity index is 1.96. The molecule has 0 heterocycles. The normalized spacial score (nSPS) is 10.6. The van der Waals surface area contributed by atoms with Crippen LogP contribution in [-0.2, 0) is 11.3 Å². The largest absolute Gasteiger partial charge is 0.497 e. The van der Waals surface area contributed by atoms with Crippen LogP contribution >= 0.6 is 0 Å². The van der Waals surface area contributed by atoms with Crippen LogP contribution in [0.1, 0.15) is 5.56 Å². The first-order chi connectivity index (χ1) is 11.6. The van der Waals surface area contributed by atoms with Crippen molar-refractivity contribution >= 4 is 11.6 Å². The topological polar surface area (TPSA) is 74.1 Å². The lowest BCUT2D eigenvalue weighted by Crippen LogP contribution is -2.16. The van der Waals surface area contributed by atoms with Crippen molar-refractivity contribution in [2.75, 3.05) is 12.4 Å². The maximum absolute atomic E-state index is 13.1. The minimum atomic E-state index is -0.533. The average molecular weight is 325 g/mol. The zero-order valence-corrected chi connectivity index (χ0v) is 13.0. The van der Waals surface area contributed by atoms with Gasteiger partial charge in [0.2, 0.25) is 0 Å². The van der Waals surface area contributed by atoms with E-state index in [1.54, 1.807) is 43.5 Å². The van der Waals surface area contributed by atoms with Crippen molar-refractivity contribution < 1.29 is 13.9 Å². The van der Waals surface area contributed by atoms with Gasteiger partial charge in [0.05, 0.1) is 7.11 Å². The van der Waals surface area contributed by atoms with Crippen LogP contribution in [0.15, 0.2) is 60.3 Å². The van der Waals surface area contributed by atoms with Gasteiger partial charge in [0.15, 0.2) is 0 Å². The highest BCUT2D eigenvalue weighted by atomic mass is 19.1. The third kappa shape index (κ3) is 4.85. The van der Waals surface area contributed by atoms with Crippen molar-refractivity contribution in [2.24, 2.45) is 0 Å². The molecule has 6 heteroatoms. The van der Waals surface area contributed by atoms with E-state index in [4.69, 9.17) is 10.00 Å². The second-order valence-electron chi connectivity index (χ2n) is 4.86. The van der Waals surface area contributed by atoms with E-state index in [0.29, 0.717) is 23.5 Å². The number of methoxy groups -OCH3 is 1. The fraction of sp³-hybridized carbons (Fsp3) is 0.111. The van der Waals surface area contributed by atoms with E-state index in [-0.39, 0.29) is 11.4 Å². The van der Waals surface area contributed by atoms with E-state index in [1.807, 2.05) is 6.07 Å². The van der Waals surface area contributed by atoms with Crippen LogP contribution in [0, 0.1) is 17.1 Å². The Morgan fingerprint density at radius 3 is 2.67 bits per heavy atom. The van der Waals surface area contributed by atoms with Crippen LogP contribution in [0.5, 0.6) is 5.75 Å². The highest BCUT2D eigenvalue weighted by Gasteiger charge is 2.09. The highest BCUT2D eigenvalue weighted by molar-refractivity contribution is 6.06. The van der Waals surface area contributed by atoms with Crippen molar-refractivity contribution in [3.63, 3.8) is 0 Å². The van der Waals surface area contributed by atoms with Crippen LogP contribution < -0.4 is 15.4 Å². The number of halogens is 1. The molecule has 0 radical (unpaired) electrons. The van der Waals surface area contributed by atoms with Crippen LogP contribution in [0.25, 0.3) is 0 Å². The molecule has 0 aromatic heterocycles. The van der Waals surface area contributed by atoms with Crippen molar-refractivity contribution in [2.45, 2.75) is 6.54 Å². The van der Waals surface area contributed by atoms with Gasteiger partial charge >= 0.3 is 0 Å². The highest BCUT2D eigenvalue weighted by Crippen LogP contribution is 2.15. The lowest BCUT2D eigenvalue weighted by molar-refractivity contribution is -0.112. The number of ether oxygens (including phenoxy) is 1. The molecule has 2 rings (SSSR count). The predicted octanol–water partition coefficient (Wildman–Crippen LogP) is 2.97. The van der Waals surface area contributed by atoms with Crippen molar-refractivity contribution in [1.29, 1.82) is 5.26 Å². The number of nitrogens with zero attached hydrogens (tertiary/aromatic N) is 1. The van der Waals surface area contributed by atoms with E-state index in [9.17, 15) is 9.18 Å². The first-order valence-corrected chi connectivity index (χ1v) is 7.16. The van der Waals surface area contributed by atoms with E-state index < -0.39 is 5.91 Å². The number of nitriles is 1. The molecule has 0 spiro atoms. The minimum absolute atomic E-state index is 0.0813. The molecular formula is C18H16FN3O2. The molecule has 0 aliphatic rings. The van der Waals surface area contributed by atoms with E-state index >= 15 is 0 Å². The van der Waals surface area contributed by atoms with Crippen LogP contribution in [0.4, 0.5) is 10.1 Å². The zero-order chi connectivity index (χ0) is 17.4. The predicted molar refractivity (Wildman–Crippen MR) is 88.6 cm³/mol. The maximum atomic E-state index is 13.1. The standard InChI is InChI=1S/C18H16FN3O2/c1-24-17-7-5-16(6-8-17)22-18(23)14(10-20)12-21-11-13-3-2-4-15(19)9-13/h2-9,12,21H,11H2,1H3,(H,22,23)/b14-12-. The molecule has 122 valence electrons. The molecule has 0 saturated heterocycles. The molecule has 2 aromatic carbocycles. The molecule has 0 aliphatic carbocycles. The Bertz CT molecular complexity index is 780. The Labute approximate surface area is 139 Å². The SMILES string of the molecule is COc1ccc(NC(=O)/C(C#N)=C\NCc2cccc(F)c2)cc1. The number of carbonyl (C=O) groups is 1. The van der Waals surface area contributed by atoms with Crippen LogP contribution in [0.2, 0.25) is 0 Å². The van der Waals surface area contributed by atoms with Crippen LogP contribution in [0.3, 0.4) is 0 Å². The Morgan fingerprint density at radius 2 is 2.04 bits per heavy atom. The fourth-order valence-electron chi connectivity index (χ4n) is 1.94. The molecule has 2 N–H and O–H groups in total. The van der Waals surface area contributed by atoms with Crippen LogP contribution in [-0.4, -0.2) is 13.0 Å². The molecule has 2 aromatic rings. The summed E-state index contributed by atoms with van der Waals surface area (Å²) in [5, 5.41) is 14.5. The number of rotatable bonds is 6. The Hall–Kier alpha value is -3.33. The third-order valence-electron chi connectivity index (χ3n) is 3.15. The summed E-state index contributed by atoms with van der Waals surface area (Å²) in [5.41, 5.74) is 1.17. The molecule has 0 unspecified atom stereocenters. The summed E-state index contributed by atoms with van der Waals surface area (Å²) < 4.78 is 18.1. The number of nitrogens with one attached hydrogen (secondary N) is 2. The van der Waals surface area contributed by atoms with Gasteiger partial charge in [0.1, 0.15) is 23.2 Å². The zero-order valence-electron chi connectivity index (χ0n) is 13.0. The molecule has 0 aliphatic heterocycles. The molecule has 1 amide bonds. The monoisotopic (exact) mass is 325 g/mol. The molecule has 0 atom stereocenters. The quantitative estimate of drug-likeness (QED) is 0.632. The molecule has 24 heavy (non-hydrogen) atoms. The maximum Gasteiger partial charge on any atom is 0.267 e. The fourth-order valence-corrected chi connectivity index (χ4v) is 1.94. The lowest BCUT2D eigenvalue weighted by Gasteiger charge is -2.06. The van der Waals surface area contributed by atoms with E-state index in [1.165, 1.54) is 18.3 Å². The Kier molecular flexibility index (Phi) is 5.92. The number of hydrogen-bond donors (Lipinski definition) is 2. The summed E-state index contributed by atoms with van der Waals surface area (Å²) in [5.74, 6) is -0.203. The van der Waals surface area contributed by atoms with Gasteiger partial charge in [0.25, 0.3) is 5.91 Å². The van der Waals surface area contributed by atoms with Gasteiger partial charge in [-0.15, -0.1) is 0 Å². The Morgan fingerprint density at radius 1 is 1.29 bits per heavy atom. The molecule has 0 fully saturated rings. The molecule has 0 bridgehead atoms. The van der Waals surface area contributed by atoms with Crippen molar-refractivity contribution in [3.05, 3.63) is 71.7 Å². The van der Waals surface area contributed by atoms with Gasteiger partial charge in [-0.25, -0.2) is 4.39 Å². The molecular weight excluding hydrogens is 309 g/mol. The summed E-state index contributed by atoms with van der Waals surface area (Å²) in [6, 6.07) is 14.6. The second kappa shape index (κ2) is 8.34. The number of amides is 1. The first-order valence-electron chi connectivity index (χ1n) is 7.16. The van der Waals surface area contributed by atoms with Gasteiger partial charge in [-0.3, -0.25) is 4.79 Å². The van der Waals surface area contributed by atoms with Gasteiger partial charge in [-0.1, -0.05) is 12.1 Å². The smallest absolute Gasteiger partial charge is 0.267 e. The summed E-state index contributed by atoms with van der Waals surface area (Å²) >= 11 is 0. The first kappa shape index (κ1) is 17.0. The summed E-state index contributed by atoms with van der Waals surface area (Å²) in [6.45, 7) is 0.304. The summed E-state index contributed by atoms with van der Waals surface area (Å²) in [7, 11) is 1.55. The molecule has 5 nitrogen and oxygen atoms in total. The summed E-state index contributed by atoms with van der Waals surface area (Å²) in [4.78, 5) is 12.1.